The molecule has 0 aliphatic rings. The number of aromatic nitrogens is 2. The second kappa shape index (κ2) is 4.37. The Labute approximate surface area is 101 Å². The van der Waals surface area contributed by atoms with Crippen LogP contribution in [-0.4, -0.2) is 21.2 Å². The van der Waals surface area contributed by atoms with Gasteiger partial charge >= 0.3 is 0 Å². The highest BCUT2D eigenvalue weighted by Gasteiger charge is 2.17. The summed E-state index contributed by atoms with van der Waals surface area (Å²) in [6.07, 6.45) is 0. The monoisotopic (exact) mass is 233 g/mol. The molecular formula is C13H19N3O. The number of nitrogens with two attached hydrogens (primary N) is 1. The summed E-state index contributed by atoms with van der Waals surface area (Å²) in [5.41, 5.74) is 7.60. The number of hydrogen-bond donors (Lipinski definition) is 2. The molecule has 0 bridgehead atoms. The molecule has 2 rings (SSSR count). The van der Waals surface area contributed by atoms with Gasteiger partial charge in [-0.3, -0.25) is 0 Å². The van der Waals surface area contributed by atoms with Gasteiger partial charge in [0.1, 0.15) is 11.6 Å². The van der Waals surface area contributed by atoms with E-state index in [1.807, 2.05) is 6.07 Å². The number of fused-ring (bicyclic) bond motifs is 1. The number of rotatable bonds is 3. The van der Waals surface area contributed by atoms with E-state index in [1.54, 1.807) is 12.1 Å². The van der Waals surface area contributed by atoms with Gasteiger partial charge in [-0.2, -0.15) is 0 Å². The van der Waals surface area contributed by atoms with Crippen LogP contribution in [0.2, 0.25) is 0 Å². The van der Waals surface area contributed by atoms with Gasteiger partial charge in [0.25, 0.3) is 0 Å². The average Bonchev–Trinajstić information content (AvgIpc) is 2.66. The van der Waals surface area contributed by atoms with Gasteiger partial charge < -0.3 is 15.4 Å². The summed E-state index contributed by atoms with van der Waals surface area (Å²) in [7, 11) is 0. The predicted molar refractivity (Wildman–Crippen MR) is 69.3 cm³/mol. The van der Waals surface area contributed by atoms with Crippen molar-refractivity contribution in [2.45, 2.75) is 32.7 Å². The van der Waals surface area contributed by atoms with Crippen molar-refractivity contribution >= 4 is 11.0 Å². The van der Waals surface area contributed by atoms with Crippen molar-refractivity contribution in [3.63, 3.8) is 0 Å². The third-order valence-corrected chi connectivity index (χ3v) is 3.01. The quantitative estimate of drug-likeness (QED) is 0.855. The summed E-state index contributed by atoms with van der Waals surface area (Å²) in [5.74, 6) is 1.47. The van der Waals surface area contributed by atoms with Crippen LogP contribution in [-0.2, 0) is 0 Å². The van der Waals surface area contributed by atoms with Gasteiger partial charge in [0.05, 0.1) is 11.0 Å². The Kier molecular flexibility index (Phi) is 3.07. The van der Waals surface area contributed by atoms with Crippen molar-refractivity contribution in [2.75, 3.05) is 6.54 Å². The van der Waals surface area contributed by atoms with E-state index in [0.717, 1.165) is 16.9 Å². The first kappa shape index (κ1) is 11.9. The molecule has 4 heteroatoms. The third-order valence-electron chi connectivity index (χ3n) is 3.01. The molecule has 0 fully saturated rings. The Hall–Kier alpha value is -1.55. The maximum atomic E-state index is 9.58. The lowest BCUT2D eigenvalue weighted by atomic mass is 10.1. The van der Waals surface area contributed by atoms with Crippen LogP contribution in [0.3, 0.4) is 0 Å². The minimum absolute atomic E-state index is 0.215. The lowest BCUT2D eigenvalue weighted by Gasteiger charge is -2.16. The molecule has 4 nitrogen and oxygen atoms in total. The van der Waals surface area contributed by atoms with E-state index in [-0.39, 0.29) is 11.7 Å². The lowest BCUT2D eigenvalue weighted by molar-refractivity contribution is 0.475. The Bertz CT molecular complexity index is 531. The summed E-state index contributed by atoms with van der Waals surface area (Å²) in [6, 6.07) is 5.56. The van der Waals surface area contributed by atoms with Crippen molar-refractivity contribution < 1.29 is 5.11 Å². The third kappa shape index (κ3) is 2.00. The van der Waals surface area contributed by atoms with Crippen LogP contribution in [0.5, 0.6) is 5.75 Å². The van der Waals surface area contributed by atoms with Gasteiger partial charge in [-0.25, -0.2) is 4.98 Å². The number of nitrogens with zero attached hydrogens (tertiary/aromatic N) is 2. The Morgan fingerprint density at radius 3 is 2.65 bits per heavy atom. The molecule has 0 spiro atoms. The van der Waals surface area contributed by atoms with E-state index in [0.29, 0.717) is 12.6 Å². The maximum Gasteiger partial charge on any atom is 0.117 e. The van der Waals surface area contributed by atoms with E-state index >= 15 is 0 Å². The zero-order chi connectivity index (χ0) is 12.6. The van der Waals surface area contributed by atoms with E-state index in [9.17, 15) is 5.11 Å². The van der Waals surface area contributed by atoms with Crippen LogP contribution in [0.15, 0.2) is 18.2 Å². The molecule has 3 N–H and O–H groups in total. The maximum absolute atomic E-state index is 9.58. The first-order chi connectivity index (χ1) is 8.04. The number of imidazole rings is 1. The summed E-state index contributed by atoms with van der Waals surface area (Å²) >= 11 is 0. The largest absolute Gasteiger partial charge is 0.508 e. The van der Waals surface area contributed by atoms with Crippen molar-refractivity contribution in [1.29, 1.82) is 0 Å². The topological polar surface area (TPSA) is 64.1 Å². The lowest BCUT2D eigenvalue weighted by Crippen LogP contribution is -2.16. The van der Waals surface area contributed by atoms with Crippen molar-refractivity contribution in [1.82, 2.24) is 9.55 Å². The number of hydrogen-bond acceptors (Lipinski definition) is 3. The molecule has 17 heavy (non-hydrogen) atoms. The molecular weight excluding hydrogens is 214 g/mol. The molecule has 92 valence electrons. The van der Waals surface area contributed by atoms with Crippen LogP contribution in [0.4, 0.5) is 0 Å². The normalized spacial score (nSPS) is 13.5. The van der Waals surface area contributed by atoms with Gasteiger partial charge in [-0.15, -0.1) is 0 Å². The molecule has 1 unspecified atom stereocenters. The zero-order valence-corrected chi connectivity index (χ0v) is 10.5. The van der Waals surface area contributed by atoms with Crippen molar-refractivity contribution in [2.24, 2.45) is 5.73 Å². The highest BCUT2D eigenvalue weighted by Crippen LogP contribution is 2.27. The summed E-state index contributed by atoms with van der Waals surface area (Å²) in [4.78, 5) is 4.62. The molecule has 0 radical (unpaired) electrons. The van der Waals surface area contributed by atoms with Crippen molar-refractivity contribution in [3.8, 4) is 5.75 Å². The molecule has 1 aromatic heterocycles. The number of phenolic OH excluding ortho intramolecular Hbond substituents is 1. The highest BCUT2D eigenvalue weighted by atomic mass is 16.3. The predicted octanol–water partition coefficient (Wildman–Crippen LogP) is 2.39. The van der Waals surface area contributed by atoms with Gasteiger partial charge in [-0.1, -0.05) is 6.92 Å². The van der Waals surface area contributed by atoms with Gasteiger partial charge in [0.15, 0.2) is 0 Å². The van der Waals surface area contributed by atoms with Crippen LogP contribution >= 0.6 is 0 Å². The Morgan fingerprint density at radius 1 is 1.35 bits per heavy atom. The molecule has 2 aromatic rings. The molecule has 0 saturated heterocycles. The Balaban J connectivity index is 2.71. The number of aromatic hydroxyl groups is 1. The van der Waals surface area contributed by atoms with Crippen LogP contribution in [0.1, 0.15) is 38.6 Å². The van der Waals surface area contributed by atoms with Crippen LogP contribution in [0, 0.1) is 0 Å². The number of phenols is 1. The molecule has 0 saturated carbocycles. The fourth-order valence-corrected chi connectivity index (χ4v) is 2.10. The zero-order valence-electron chi connectivity index (χ0n) is 10.5. The highest BCUT2D eigenvalue weighted by molar-refractivity contribution is 5.78. The smallest absolute Gasteiger partial charge is 0.117 e. The number of benzene rings is 1. The molecule has 1 atom stereocenters. The van der Waals surface area contributed by atoms with Crippen LogP contribution in [0.25, 0.3) is 11.0 Å². The second-order valence-corrected chi connectivity index (χ2v) is 4.74. The van der Waals surface area contributed by atoms with E-state index < -0.39 is 0 Å². The fourth-order valence-electron chi connectivity index (χ4n) is 2.10. The molecule has 0 aliphatic carbocycles. The van der Waals surface area contributed by atoms with E-state index in [4.69, 9.17) is 5.73 Å². The minimum Gasteiger partial charge on any atom is -0.508 e. The molecule has 1 aromatic carbocycles. The fraction of sp³-hybridized carbons (Fsp3) is 0.462. The first-order valence-corrected chi connectivity index (χ1v) is 5.95. The molecule has 0 aliphatic heterocycles. The first-order valence-electron chi connectivity index (χ1n) is 5.95. The molecule has 1 heterocycles. The summed E-state index contributed by atoms with van der Waals surface area (Å²) < 4.78 is 2.15. The van der Waals surface area contributed by atoms with Gasteiger partial charge in [-0.05, 0) is 26.0 Å². The van der Waals surface area contributed by atoms with Gasteiger partial charge in [0, 0.05) is 24.6 Å². The van der Waals surface area contributed by atoms with Crippen LogP contribution < -0.4 is 5.73 Å². The summed E-state index contributed by atoms with van der Waals surface area (Å²) in [6.45, 7) is 6.86. The van der Waals surface area contributed by atoms with Gasteiger partial charge in [0.2, 0.25) is 0 Å². The standard InChI is InChI=1S/C13H19N3O/c1-8(2)16-12-6-10(17)4-5-11(12)15-13(16)9(3)7-14/h4-6,8-9,17H,7,14H2,1-3H3. The average molecular weight is 233 g/mol. The minimum atomic E-state index is 0.215. The second-order valence-electron chi connectivity index (χ2n) is 4.74. The van der Waals surface area contributed by atoms with E-state index in [1.165, 1.54) is 0 Å². The SMILES string of the molecule is CC(CN)c1nc2ccc(O)cc2n1C(C)C. The van der Waals surface area contributed by atoms with Crippen molar-refractivity contribution in [3.05, 3.63) is 24.0 Å². The summed E-state index contributed by atoms with van der Waals surface area (Å²) in [5, 5.41) is 9.58. The van der Waals surface area contributed by atoms with E-state index in [2.05, 4.69) is 30.3 Å². The Morgan fingerprint density at radius 2 is 2.06 bits per heavy atom. The molecule has 0 amide bonds.